The minimum atomic E-state index is -0.379. The van der Waals surface area contributed by atoms with Crippen LogP contribution in [0.2, 0.25) is 0 Å². The first kappa shape index (κ1) is 13.0. The second kappa shape index (κ2) is 5.48. The molecule has 2 N–H and O–H groups in total. The largest absolute Gasteiger partial charge is 0.334 e. The van der Waals surface area contributed by atoms with Crippen LogP contribution in [0.15, 0.2) is 24.3 Å². The summed E-state index contributed by atoms with van der Waals surface area (Å²) in [6.07, 6.45) is 1.91. The summed E-state index contributed by atoms with van der Waals surface area (Å²) in [5.74, 6) is 0.0995. The zero-order valence-corrected chi connectivity index (χ0v) is 10.6. The van der Waals surface area contributed by atoms with E-state index in [-0.39, 0.29) is 17.8 Å². The topological polar surface area (TPSA) is 46.3 Å². The Bertz CT molecular complexity index is 436. The normalized spacial score (nSPS) is 24.1. The van der Waals surface area contributed by atoms with Crippen LogP contribution in [0.1, 0.15) is 30.1 Å². The molecule has 3 nitrogen and oxygen atoms in total. The second-order valence-corrected chi connectivity index (χ2v) is 5.03. The van der Waals surface area contributed by atoms with Crippen molar-refractivity contribution in [2.75, 3.05) is 13.1 Å². The van der Waals surface area contributed by atoms with Gasteiger partial charge in [0.2, 0.25) is 0 Å². The van der Waals surface area contributed by atoms with Crippen LogP contribution in [-0.2, 0) is 0 Å². The molecule has 0 aromatic heterocycles. The first-order valence-electron chi connectivity index (χ1n) is 6.38. The smallest absolute Gasteiger partial charge is 0.254 e. The molecule has 1 aliphatic rings. The van der Waals surface area contributed by atoms with Gasteiger partial charge in [-0.1, -0.05) is 13.0 Å². The first-order chi connectivity index (χ1) is 8.61. The SMILES string of the molecule is CC1CCN(C(=O)c2cccc(F)c2)C(CN)C1. The van der Waals surface area contributed by atoms with Crippen LogP contribution in [-0.4, -0.2) is 29.9 Å². The number of hydrogen-bond acceptors (Lipinski definition) is 2. The molecule has 18 heavy (non-hydrogen) atoms. The Balaban J connectivity index is 2.17. The number of benzene rings is 1. The molecule has 98 valence electrons. The molecule has 0 saturated carbocycles. The van der Waals surface area contributed by atoms with Crippen molar-refractivity contribution in [3.63, 3.8) is 0 Å². The Labute approximate surface area is 107 Å². The summed E-state index contributed by atoms with van der Waals surface area (Å²) in [6.45, 7) is 3.34. The summed E-state index contributed by atoms with van der Waals surface area (Å²) in [4.78, 5) is 14.1. The molecule has 1 amide bonds. The number of piperidine rings is 1. The molecule has 2 atom stereocenters. The highest BCUT2D eigenvalue weighted by molar-refractivity contribution is 5.94. The molecular formula is C14H19FN2O. The van der Waals surface area contributed by atoms with Gasteiger partial charge >= 0.3 is 0 Å². The molecule has 4 heteroatoms. The van der Waals surface area contributed by atoms with E-state index in [9.17, 15) is 9.18 Å². The third-order valence-electron chi connectivity index (χ3n) is 3.58. The molecule has 1 aromatic rings. The van der Waals surface area contributed by atoms with Crippen LogP contribution in [0.3, 0.4) is 0 Å². The lowest BCUT2D eigenvalue weighted by atomic mass is 9.92. The number of amides is 1. The van der Waals surface area contributed by atoms with E-state index in [2.05, 4.69) is 6.92 Å². The number of hydrogen-bond donors (Lipinski definition) is 1. The molecule has 1 fully saturated rings. The number of nitrogens with two attached hydrogens (primary N) is 1. The molecule has 0 bridgehead atoms. The molecule has 0 spiro atoms. The van der Waals surface area contributed by atoms with Crippen molar-refractivity contribution in [2.45, 2.75) is 25.8 Å². The van der Waals surface area contributed by atoms with Crippen LogP contribution in [0, 0.1) is 11.7 Å². The number of likely N-dealkylation sites (tertiary alicyclic amines) is 1. The predicted octanol–water partition coefficient (Wildman–Crippen LogP) is 2.03. The number of carbonyl (C=O) groups excluding carboxylic acids is 1. The van der Waals surface area contributed by atoms with Gasteiger partial charge in [-0.15, -0.1) is 0 Å². The Hall–Kier alpha value is -1.42. The van der Waals surface area contributed by atoms with Gasteiger partial charge in [0.1, 0.15) is 5.82 Å². The molecule has 1 saturated heterocycles. The van der Waals surface area contributed by atoms with Crippen molar-refractivity contribution >= 4 is 5.91 Å². The molecule has 0 aliphatic carbocycles. The summed E-state index contributed by atoms with van der Waals surface area (Å²) in [5, 5.41) is 0. The Morgan fingerprint density at radius 1 is 1.56 bits per heavy atom. The van der Waals surface area contributed by atoms with E-state index in [0.717, 1.165) is 12.8 Å². The maximum absolute atomic E-state index is 13.1. The monoisotopic (exact) mass is 250 g/mol. The molecular weight excluding hydrogens is 231 g/mol. The Kier molecular flexibility index (Phi) is 3.97. The third-order valence-corrected chi connectivity index (χ3v) is 3.58. The molecule has 2 rings (SSSR count). The lowest BCUT2D eigenvalue weighted by molar-refractivity contribution is 0.0573. The van der Waals surface area contributed by atoms with E-state index < -0.39 is 0 Å². The number of halogens is 1. The van der Waals surface area contributed by atoms with Gasteiger partial charge in [-0.05, 0) is 37.0 Å². The van der Waals surface area contributed by atoms with Crippen LogP contribution in [0.5, 0.6) is 0 Å². The van der Waals surface area contributed by atoms with E-state index in [0.29, 0.717) is 24.6 Å². The van der Waals surface area contributed by atoms with E-state index in [1.807, 2.05) is 0 Å². The van der Waals surface area contributed by atoms with Gasteiger partial charge in [0, 0.05) is 24.7 Å². The first-order valence-corrected chi connectivity index (χ1v) is 6.38. The van der Waals surface area contributed by atoms with Gasteiger partial charge in [-0.3, -0.25) is 4.79 Å². The minimum absolute atomic E-state index is 0.0736. The van der Waals surface area contributed by atoms with E-state index in [1.165, 1.54) is 12.1 Å². The van der Waals surface area contributed by atoms with Crippen LogP contribution >= 0.6 is 0 Å². The van der Waals surface area contributed by atoms with E-state index in [1.54, 1.807) is 17.0 Å². The number of nitrogens with zero attached hydrogens (tertiary/aromatic N) is 1. The Morgan fingerprint density at radius 2 is 2.33 bits per heavy atom. The summed E-state index contributed by atoms with van der Waals surface area (Å²) >= 11 is 0. The lowest BCUT2D eigenvalue weighted by Gasteiger charge is -2.38. The van der Waals surface area contributed by atoms with Gasteiger partial charge in [-0.2, -0.15) is 0 Å². The fourth-order valence-electron chi connectivity index (χ4n) is 2.53. The van der Waals surface area contributed by atoms with E-state index >= 15 is 0 Å². The maximum Gasteiger partial charge on any atom is 0.254 e. The van der Waals surface area contributed by atoms with Gasteiger partial charge in [0.05, 0.1) is 0 Å². The van der Waals surface area contributed by atoms with Gasteiger partial charge in [-0.25, -0.2) is 4.39 Å². The quantitative estimate of drug-likeness (QED) is 0.873. The average Bonchev–Trinajstić information content (AvgIpc) is 2.37. The molecule has 1 aromatic carbocycles. The van der Waals surface area contributed by atoms with Crippen LogP contribution in [0.25, 0.3) is 0 Å². The highest BCUT2D eigenvalue weighted by Crippen LogP contribution is 2.23. The van der Waals surface area contributed by atoms with Crippen molar-refractivity contribution in [2.24, 2.45) is 11.7 Å². The molecule has 2 unspecified atom stereocenters. The molecule has 0 radical (unpaired) electrons. The third kappa shape index (κ3) is 2.70. The van der Waals surface area contributed by atoms with Crippen molar-refractivity contribution in [1.29, 1.82) is 0 Å². The fourth-order valence-corrected chi connectivity index (χ4v) is 2.53. The Morgan fingerprint density at radius 3 is 3.00 bits per heavy atom. The van der Waals surface area contributed by atoms with Gasteiger partial charge in [0.15, 0.2) is 0 Å². The highest BCUT2D eigenvalue weighted by Gasteiger charge is 2.29. The summed E-state index contributed by atoms with van der Waals surface area (Å²) in [5.41, 5.74) is 6.14. The van der Waals surface area contributed by atoms with Gasteiger partial charge in [0.25, 0.3) is 5.91 Å². The van der Waals surface area contributed by atoms with Crippen LogP contribution in [0.4, 0.5) is 4.39 Å². The van der Waals surface area contributed by atoms with Crippen molar-refractivity contribution < 1.29 is 9.18 Å². The minimum Gasteiger partial charge on any atom is -0.334 e. The second-order valence-electron chi connectivity index (χ2n) is 5.03. The molecule has 1 aliphatic heterocycles. The summed E-state index contributed by atoms with van der Waals surface area (Å²) in [7, 11) is 0. The fraction of sp³-hybridized carbons (Fsp3) is 0.500. The molecule has 1 heterocycles. The standard InChI is InChI=1S/C14H19FN2O/c1-10-5-6-17(13(7-10)9-16)14(18)11-3-2-4-12(15)8-11/h2-4,8,10,13H,5-7,9,16H2,1H3. The highest BCUT2D eigenvalue weighted by atomic mass is 19.1. The van der Waals surface area contributed by atoms with Crippen molar-refractivity contribution in [3.8, 4) is 0 Å². The van der Waals surface area contributed by atoms with Crippen molar-refractivity contribution in [1.82, 2.24) is 4.90 Å². The zero-order chi connectivity index (χ0) is 13.1. The number of carbonyl (C=O) groups is 1. The summed E-state index contributed by atoms with van der Waals surface area (Å²) in [6, 6.07) is 5.91. The van der Waals surface area contributed by atoms with Gasteiger partial charge < -0.3 is 10.6 Å². The summed E-state index contributed by atoms with van der Waals surface area (Å²) < 4.78 is 13.1. The number of rotatable bonds is 2. The lowest BCUT2D eigenvalue weighted by Crippen LogP contribution is -2.49. The predicted molar refractivity (Wildman–Crippen MR) is 68.7 cm³/mol. The van der Waals surface area contributed by atoms with E-state index in [4.69, 9.17) is 5.73 Å². The zero-order valence-electron chi connectivity index (χ0n) is 10.6. The van der Waals surface area contributed by atoms with Crippen molar-refractivity contribution in [3.05, 3.63) is 35.6 Å². The maximum atomic E-state index is 13.1. The van der Waals surface area contributed by atoms with Crippen LogP contribution < -0.4 is 5.73 Å². The average molecular weight is 250 g/mol.